The van der Waals surface area contributed by atoms with E-state index >= 15 is 0 Å². The number of thiazole rings is 1. The second-order valence-corrected chi connectivity index (χ2v) is 8.62. The molecule has 0 fully saturated rings. The quantitative estimate of drug-likeness (QED) is 0.616. The number of amides is 1. The van der Waals surface area contributed by atoms with Crippen LogP contribution in [0.4, 0.5) is 9.52 Å². The molecule has 6 nitrogen and oxygen atoms in total. The lowest BCUT2D eigenvalue weighted by Gasteiger charge is -2.18. The average molecular weight is 420 g/mol. The number of aryl methyl sites for hydroxylation is 1. The van der Waals surface area contributed by atoms with Crippen molar-refractivity contribution in [2.24, 2.45) is 0 Å². The van der Waals surface area contributed by atoms with Crippen LogP contribution in [-0.2, 0) is 21.2 Å². The highest BCUT2D eigenvalue weighted by atomic mass is 32.2. The molecule has 9 heteroatoms. The molecule has 2 aromatic carbocycles. The van der Waals surface area contributed by atoms with Gasteiger partial charge in [-0.1, -0.05) is 42.5 Å². The summed E-state index contributed by atoms with van der Waals surface area (Å²) in [6, 6.07) is 12.8. The Kier molecular flexibility index (Phi) is 6.18. The molecule has 1 aromatic heterocycles. The molecular formula is C19H18FN3O3S2. The number of carbonyl (C=O) groups excluding carboxylic acids is 1. The number of nitrogens with zero attached hydrogens (tertiary/aromatic N) is 1. The van der Waals surface area contributed by atoms with Crippen molar-refractivity contribution < 1.29 is 17.6 Å². The number of carbonyl (C=O) groups is 1. The van der Waals surface area contributed by atoms with Crippen LogP contribution in [0.5, 0.6) is 0 Å². The van der Waals surface area contributed by atoms with Crippen molar-refractivity contribution in [1.29, 1.82) is 0 Å². The highest BCUT2D eigenvalue weighted by Crippen LogP contribution is 2.18. The lowest BCUT2D eigenvalue weighted by Crippen LogP contribution is -2.45. The van der Waals surface area contributed by atoms with Gasteiger partial charge in [-0.15, -0.1) is 11.3 Å². The molecule has 0 unspecified atom stereocenters. The van der Waals surface area contributed by atoms with Crippen LogP contribution in [0.2, 0.25) is 0 Å². The van der Waals surface area contributed by atoms with Gasteiger partial charge in [-0.2, -0.15) is 4.72 Å². The van der Waals surface area contributed by atoms with E-state index in [1.54, 1.807) is 36.6 Å². The summed E-state index contributed by atoms with van der Waals surface area (Å²) in [4.78, 5) is 16.4. The van der Waals surface area contributed by atoms with Gasteiger partial charge < -0.3 is 5.32 Å². The minimum atomic E-state index is -4.25. The van der Waals surface area contributed by atoms with E-state index in [0.29, 0.717) is 5.13 Å². The van der Waals surface area contributed by atoms with Crippen LogP contribution in [0.15, 0.2) is 64.9 Å². The molecule has 0 saturated heterocycles. The first kappa shape index (κ1) is 20.1. The van der Waals surface area contributed by atoms with E-state index in [1.807, 2.05) is 6.07 Å². The average Bonchev–Trinajstić information content (AvgIpc) is 3.07. The standard InChI is InChI=1S/C19H18FN3O3S2/c1-13-12-27-19(21-13)22-18(24)16(11-14-7-3-2-4-8-14)23-28(25,26)17-10-6-5-9-15(17)20/h2-10,12,16,23H,11H2,1H3,(H,21,22,24)/t16-/m1/s1. The summed E-state index contributed by atoms with van der Waals surface area (Å²) in [5.74, 6) is -1.46. The van der Waals surface area contributed by atoms with Crippen molar-refractivity contribution in [2.45, 2.75) is 24.3 Å². The Morgan fingerprint density at radius 3 is 2.46 bits per heavy atom. The van der Waals surface area contributed by atoms with Gasteiger partial charge in [0.15, 0.2) is 5.13 Å². The van der Waals surface area contributed by atoms with E-state index in [0.717, 1.165) is 23.4 Å². The fourth-order valence-electron chi connectivity index (χ4n) is 2.56. The summed E-state index contributed by atoms with van der Waals surface area (Å²) in [6.45, 7) is 1.79. The Balaban J connectivity index is 1.87. The number of rotatable bonds is 7. The van der Waals surface area contributed by atoms with Gasteiger partial charge in [0, 0.05) is 5.38 Å². The maximum atomic E-state index is 14.0. The lowest BCUT2D eigenvalue weighted by molar-refractivity contribution is -0.117. The molecule has 3 aromatic rings. The van der Waals surface area contributed by atoms with Crippen LogP contribution in [0.3, 0.4) is 0 Å². The lowest BCUT2D eigenvalue weighted by atomic mass is 10.1. The molecule has 0 radical (unpaired) electrons. The van der Waals surface area contributed by atoms with Gasteiger partial charge in [0.1, 0.15) is 16.8 Å². The van der Waals surface area contributed by atoms with Crippen molar-refractivity contribution in [1.82, 2.24) is 9.71 Å². The minimum Gasteiger partial charge on any atom is -0.301 e. The van der Waals surface area contributed by atoms with Crippen molar-refractivity contribution in [2.75, 3.05) is 5.32 Å². The van der Waals surface area contributed by atoms with Gasteiger partial charge in [-0.25, -0.2) is 17.8 Å². The molecule has 0 aliphatic heterocycles. The van der Waals surface area contributed by atoms with Crippen LogP contribution in [0, 0.1) is 12.7 Å². The monoisotopic (exact) mass is 419 g/mol. The van der Waals surface area contributed by atoms with E-state index < -0.39 is 32.7 Å². The number of benzene rings is 2. The van der Waals surface area contributed by atoms with Crippen LogP contribution in [0.1, 0.15) is 11.3 Å². The summed E-state index contributed by atoms with van der Waals surface area (Å²) in [5.41, 5.74) is 1.50. The summed E-state index contributed by atoms with van der Waals surface area (Å²) in [6.07, 6.45) is 0.102. The maximum Gasteiger partial charge on any atom is 0.244 e. The smallest absolute Gasteiger partial charge is 0.244 e. The van der Waals surface area contributed by atoms with Crippen molar-refractivity contribution in [3.63, 3.8) is 0 Å². The van der Waals surface area contributed by atoms with E-state index in [1.165, 1.54) is 23.5 Å². The number of anilines is 1. The molecular weight excluding hydrogens is 401 g/mol. The zero-order valence-electron chi connectivity index (χ0n) is 14.9. The third-order valence-corrected chi connectivity index (χ3v) is 6.25. The molecule has 3 rings (SSSR count). The number of aromatic nitrogens is 1. The molecule has 1 atom stereocenters. The molecule has 0 aliphatic rings. The van der Waals surface area contributed by atoms with E-state index in [2.05, 4.69) is 15.0 Å². The highest BCUT2D eigenvalue weighted by molar-refractivity contribution is 7.89. The number of nitrogens with one attached hydrogen (secondary N) is 2. The molecule has 0 spiro atoms. The summed E-state index contributed by atoms with van der Waals surface area (Å²) >= 11 is 1.24. The molecule has 0 aliphatic carbocycles. The highest BCUT2D eigenvalue weighted by Gasteiger charge is 2.28. The number of hydrogen-bond acceptors (Lipinski definition) is 5. The molecule has 28 heavy (non-hydrogen) atoms. The Bertz CT molecular complexity index is 1070. The van der Waals surface area contributed by atoms with E-state index in [4.69, 9.17) is 0 Å². The predicted octanol–water partition coefficient (Wildman–Crippen LogP) is 3.12. The summed E-state index contributed by atoms with van der Waals surface area (Å²) in [5, 5.41) is 4.76. The second kappa shape index (κ2) is 8.59. The van der Waals surface area contributed by atoms with Gasteiger partial charge in [0.2, 0.25) is 15.9 Å². The summed E-state index contributed by atoms with van der Waals surface area (Å²) < 4.78 is 41.6. The second-order valence-electron chi connectivity index (χ2n) is 6.08. The third-order valence-electron chi connectivity index (χ3n) is 3.87. The van der Waals surface area contributed by atoms with Crippen molar-refractivity contribution >= 4 is 32.4 Å². The van der Waals surface area contributed by atoms with Crippen LogP contribution in [-0.4, -0.2) is 25.4 Å². The first-order valence-electron chi connectivity index (χ1n) is 8.39. The molecule has 0 saturated carbocycles. The van der Waals surface area contributed by atoms with E-state index in [9.17, 15) is 17.6 Å². The Hall–Kier alpha value is -2.62. The molecule has 1 heterocycles. The summed E-state index contributed by atoms with van der Waals surface area (Å²) in [7, 11) is -4.25. The normalized spacial score (nSPS) is 12.5. The van der Waals surface area contributed by atoms with Crippen LogP contribution >= 0.6 is 11.3 Å². The zero-order valence-corrected chi connectivity index (χ0v) is 16.6. The van der Waals surface area contributed by atoms with Gasteiger partial charge in [0.25, 0.3) is 0 Å². The first-order valence-corrected chi connectivity index (χ1v) is 10.8. The van der Waals surface area contributed by atoms with Gasteiger partial charge in [-0.05, 0) is 31.0 Å². The Morgan fingerprint density at radius 2 is 1.82 bits per heavy atom. The number of sulfonamides is 1. The number of halogens is 1. The van der Waals surface area contributed by atoms with Crippen molar-refractivity contribution in [3.05, 3.63) is 77.1 Å². The third kappa shape index (κ3) is 5.00. The number of hydrogen-bond donors (Lipinski definition) is 2. The maximum absolute atomic E-state index is 14.0. The van der Waals surface area contributed by atoms with E-state index in [-0.39, 0.29) is 6.42 Å². The minimum absolute atomic E-state index is 0.102. The predicted molar refractivity (Wildman–Crippen MR) is 106 cm³/mol. The SMILES string of the molecule is Cc1csc(NC(=O)[C@@H](Cc2ccccc2)NS(=O)(=O)c2ccccc2F)n1. The molecule has 2 N–H and O–H groups in total. The van der Waals surface area contributed by atoms with Crippen LogP contribution < -0.4 is 10.0 Å². The first-order chi connectivity index (χ1) is 13.3. The van der Waals surface area contributed by atoms with Gasteiger partial charge in [-0.3, -0.25) is 4.79 Å². The zero-order chi connectivity index (χ0) is 20.1. The van der Waals surface area contributed by atoms with Crippen molar-refractivity contribution in [3.8, 4) is 0 Å². The Labute approximate surface area is 166 Å². The molecule has 146 valence electrons. The largest absolute Gasteiger partial charge is 0.301 e. The van der Waals surface area contributed by atoms with Crippen LogP contribution in [0.25, 0.3) is 0 Å². The fraction of sp³-hybridized carbons (Fsp3) is 0.158. The molecule has 0 bridgehead atoms. The van der Waals surface area contributed by atoms with Gasteiger partial charge >= 0.3 is 0 Å². The van der Waals surface area contributed by atoms with Gasteiger partial charge in [0.05, 0.1) is 5.69 Å². The Morgan fingerprint density at radius 1 is 1.14 bits per heavy atom. The fourth-order valence-corrected chi connectivity index (χ4v) is 4.52. The topological polar surface area (TPSA) is 88.2 Å². The molecule has 1 amide bonds.